The van der Waals surface area contributed by atoms with Crippen molar-refractivity contribution >= 4 is 15.9 Å². The fourth-order valence-corrected chi connectivity index (χ4v) is 1.75. The van der Waals surface area contributed by atoms with Gasteiger partial charge in [0.25, 0.3) is 0 Å². The van der Waals surface area contributed by atoms with E-state index in [0.717, 1.165) is 25.0 Å². The molecule has 0 aromatic heterocycles. The molecule has 0 saturated heterocycles. The maximum absolute atomic E-state index is 5.57. The van der Waals surface area contributed by atoms with Crippen molar-refractivity contribution in [2.75, 3.05) is 18.5 Å². The van der Waals surface area contributed by atoms with Gasteiger partial charge in [-0.1, -0.05) is 21.5 Å². The van der Waals surface area contributed by atoms with Crippen molar-refractivity contribution in [3.8, 4) is 0 Å². The number of rotatable bonds is 6. The van der Waals surface area contributed by atoms with Crippen LogP contribution in [0.25, 0.3) is 0 Å². The van der Waals surface area contributed by atoms with Gasteiger partial charge in [0.05, 0.1) is 13.2 Å². The highest BCUT2D eigenvalue weighted by molar-refractivity contribution is 9.09. The molecule has 0 N–H and O–H groups in total. The maximum Gasteiger partial charge on any atom is 0.0530 e. The first-order chi connectivity index (χ1) is 5.68. The van der Waals surface area contributed by atoms with Crippen LogP contribution >= 0.6 is 15.9 Å². The maximum atomic E-state index is 5.57. The Kier molecular flexibility index (Phi) is 3.78. The van der Waals surface area contributed by atoms with E-state index in [0.29, 0.717) is 5.41 Å². The van der Waals surface area contributed by atoms with Gasteiger partial charge in [-0.3, -0.25) is 0 Å². The summed E-state index contributed by atoms with van der Waals surface area (Å²) in [5, 5.41) is 1.09. The Balaban J connectivity index is 1.99. The van der Waals surface area contributed by atoms with Crippen LogP contribution in [0.1, 0.15) is 26.2 Å². The molecule has 0 aliphatic heterocycles. The van der Waals surface area contributed by atoms with Gasteiger partial charge in [-0.05, 0) is 26.2 Å². The van der Waals surface area contributed by atoms with Crippen molar-refractivity contribution < 1.29 is 4.74 Å². The van der Waals surface area contributed by atoms with Crippen LogP contribution in [0.15, 0.2) is 12.2 Å². The fourth-order valence-electron chi connectivity index (χ4n) is 1.03. The molecule has 0 amide bonds. The summed E-state index contributed by atoms with van der Waals surface area (Å²) in [6.07, 6.45) is 3.65. The molecule has 0 unspecified atom stereocenters. The van der Waals surface area contributed by atoms with Crippen LogP contribution in [0.2, 0.25) is 0 Å². The Morgan fingerprint density at radius 1 is 1.58 bits per heavy atom. The second-order valence-corrected chi connectivity index (χ2v) is 4.45. The van der Waals surface area contributed by atoms with E-state index in [9.17, 15) is 0 Å². The number of ether oxygens (including phenoxy) is 1. The molecule has 1 aliphatic carbocycles. The molecule has 70 valence electrons. The molecule has 0 aromatic rings. The van der Waals surface area contributed by atoms with E-state index in [-0.39, 0.29) is 0 Å². The summed E-state index contributed by atoms with van der Waals surface area (Å²) in [6, 6.07) is 0. The first-order valence-electron chi connectivity index (χ1n) is 4.47. The van der Waals surface area contributed by atoms with Crippen LogP contribution in [-0.4, -0.2) is 18.5 Å². The van der Waals surface area contributed by atoms with Crippen molar-refractivity contribution in [2.24, 2.45) is 5.41 Å². The van der Waals surface area contributed by atoms with Gasteiger partial charge < -0.3 is 4.74 Å². The summed E-state index contributed by atoms with van der Waals surface area (Å²) < 4.78 is 5.57. The quantitative estimate of drug-likeness (QED) is 0.389. The molecule has 0 bridgehead atoms. The van der Waals surface area contributed by atoms with E-state index in [4.69, 9.17) is 4.74 Å². The largest absolute Gasteiger partial charge is 0.381 e. The zero-order valence-corrected chi connectivity index (χ0v) is 9.32. The van der Waals surface area contributed by atoms with E-state index >= 15 is 0 Å². The van der Waals surface area contributed by atoms with E-state index in [1.165, 1.54) is 18.4 Å². The first kappa shape index (κ1) is 10.3. The Morgan fingerprint density at radius 2 is 2.25 bits per heavy atom. The van der Waals surface area contributed by atoms with Gasteiger partial charge in [0.1, 0.15) is 0 Å². The Hall–Kier alpha value is 0.180. The SMILES string of the molecule is C=C(C)CCOCC1(CBr)CC1. The van der Waals surface area contributed by atoms with Gasteiger partial charge in [0.15, 0.2) is 0 Å². The molecule has 0 atom stereocenters. The molecular weight excluding hydrogens is 216 g/mol. The third-order valence-electron chi connectivity index (χ3n) is 2.32. The molecule has 1 fully saturated rings. The summed E-state index contributed by atoms with van der Waals surface area (Å²) in [5.74, 6) is 0. The number of alkyl halides is 1. The van der Waals surface area contributed by atoms with Crippen molar-refractivity contribution in [1.82, 2.24) is 0 Å². The molecular formula is C10H17BrO. The van der Waals surface area contributed by atoms with Gasteiger partial charge in [-0.15, -0.1) is 6.58 Å². The Bertz CT molecular complexity index is 161. The first-order valence-corrected chi connectivity index (χ1v) is 5.59. The molecule has 0 heterocycles. The summed E-state index contributed by atoms with van der Waals surface area (Å²) >= 11 is 3.52. The molecule has 0 radical (unpaired) electrons. The number of hydrogen-bond donors (Lipinski definition) is 0. The van der Waals surface area contributed by atoms with Crippen molar-refractivity contribution in [3.05, 3.63) is 12.2 Å². The van der Waals surface area contributed by atoms with Crippen LogP contribution in [0.5, 0.6) is 0 Å². The minimum absolute atomic E-state index is 0.495. The van der Waals surface area contributed by atoms with Gasteiger partial charge in [0.2, 0.25) is 0 Å². The van der Waals surface area contributed by atoms with Gasteiger partial charge >= 0.3 is 0 Å². The molecule has 1 saturated carbocycles. The van der Waals surface area contributed by atoms with Crippen LogP contribution < -0.4 is 0 Å². The zero-order valence-electron chi connectivity index (χ0n) is 7.74. The van der Waals surface area contributed by atoms with Crippen molar-refractivity contribution in [1.29, 1.82) is 0 Å². The lowest BCUT2D eigenvalue weighted by molar-refractivity contribution is 0.101. The highest BCUT2D eigenvalue weighted by Crippen LogP contribution is 2.47. The standard InChI is InChI=1S/C10H17BrO/c1-9(2)3-6-12-8-10(7-11)4-5-10/h1,3-8H2,2H3. The summed E-state index contributed by atoms with van der Waals surface area (Å²) in [6.45, 7) is 7.64. The van der Waals surface area contributed by atoms with E-state index in [1.54, 1.807) is 0 Å². The van der Waals surface area contributed by atoms with Gasteiger partial charge in [-0.2, -0.15) is 0 Å². The Labute approximate surface area is 83.3 Å². The lowest BCUT2D eigenvalue weighted by Gasteiger charge is -2.11. The van der Waals surface area contributed by atoms with Gasteiger partial charge in [0, 0.05) is 10.7 Å². The smallest absolute Gasteiger partial charge is 0.0530 e. The van der Waals surface area contributed by atoms with Gasteiger partial charge in [-0.25, -0.2) is 0 Å². The second-order valence-electron chi connectivity index (χ2n) is 3.89. The molecule has 2 heteroatoms. The molecule has 12 heavy (non-hydrogen) atoms. The number of hydrogen-bond acceptors (Lipinski definition) is 1. The third kappa shape index (κ3) is 3.28. The van der Waals surface area contributed by atoms with Crippen LogP contribution in [0.4, 0.5) is 0 Å². The fraction of sp³-hybridized carbons (Fsp3) is 0.800. The third-order valence-corrected chi connectivity index (χ3v) is 3.51. The zero-order chi connectivity index (χ0) is 9.03. The minimum Gasteiger partial charge on any atom is -0.381 e. The monoisotopic (exact) mass is 232 g/mol. The lowest BCUT2D eigenvalue weighted by Crippen LogP contribution is -2.12. The van der Waals surface area contributed by atoms with E-state index < -0.39 is 0 Å². The van der Waals surface area contributed by atoms with Crippen LogP contribution in [0.3, 0.4) is 0 Å². The van der Waals surface area contributed by atoms with Crippen LogP contribution in [0, 0.1) is 5.41 Å². The predicted molar refractivity (Wildman–Crippen MR) is 55.7 cm³/mol. The topological polar surface area (TPSA) is 9.23 Å². The summed E-state index contributed by atoms with van der Waals surface area (Å²) in [4.78, 5) is 0. The average Bonchev–Trinajstić information content (AvgIpc) is 2.79. The molecule has 0 aromatic carbocycles. The Morgan fingerprint density at radius 3 is 2.67 bits per heavy atom. The summed E-state index contributed by atoms with van der Waals surface area (Å²) in [5.41, 5.74) is 1.70. The molecule has 1 nitrogen and oxygen atoms in total. The normalized spacial score (nSPS) is 19.2. The number of halogens is 1. The van der Waals surface area contributed by atoms with Crippen molar-refractivity contribution in [2.45, 2.75) is 26.2 Å². The lowest BCUT2D eigenvalue weighted by atomic mass is 10.2. The summed E-state index contributed by atoms with van der Waals surface area (Å²) in [7, 11) is 0. The highest BCUT2D eigenvalue weighted by Gasteiger charge is 2.41. The van der Waals surface area contributed by atoms with E-state index in [2.05, 4.69) is 22.5 Å². The van der Waals surface area contributed by atoms with E-state index in [1.807, 2.05) is 6.92 Å². The molecule has 1 aliphatic rings. The molecule has 0 spiro atoms. The molecule has 1 rings (SSSR count). The predicted octanol–water partition coefficient (Wildman–Crippen LogP) is 3.14. The second kappa shape index (κ2) is 4.43. The van der Waals surface area contributed by atoms with Crippen molar-refractivity contribution in [3.63, 3.8) is 0 Å². The average molecular weight is 233 g/mol. The van der Waals surface area contributed by atoms with Crippen LogP contribution in [-0.2, 0) is 4.74 Å². The minimum atomic E-state index is 0.495. The highest BCUT2D eigenvalue weighted by atomic mass is 79.9.